The van der Waals surface area contributed by atoms with Gasteiger partial charge in [0, 0.05) is 11.1 Å². The van der Waals surface area contributed by atoms with E-state index in [-0.39, 0.29) is 22.2 Å². The third kappa shape index (κ3) is 4.08. The molecular weight excluding hydrogens is 381 g/mol. The van der Waals surface area contributed by atoms with Crippen LogP contribution in [0.4, 0.5) is 13.2 Å². The highest BCUT2D eigenvalue weighted by atomic mass is 35.5. The van der Waals surface area contributed by atoms with Crippen molar-refractivity contribution in [3.05, 3.63) is 58.9 Å². The number of fused-ring (bicyclic) bond motifs is 1. The van der Waals surface area contributed by atoms with Gasteiger partial charge in [0.25, 0.3) is 0 Å². The van der Waals surface area contributed by atoms with Crippen LogP contribution in [0.25, 0.3) is 16.7 Å². The van der Waals surface area contributed by atoms with E-state index in [9.17, 15) is 18.0 Å². The largest absolute Gasteiger partial charge is 0.455 e. The number of rotatable bonds is 2. The van der Waals surface area contributed by atoms with E-state index in [4.69, 9.17) is 16.3 Å². The lowest BCUT2D eigenvalue weighted by atomic mass is 10.2. The number of carbonyl (C=O) groups is 1. The summed E-state index contributed by atoms with van der Waals surface area (Å²) in [6, 6.07) is 9.35. The van der Waals surface area contributed by atoms with Crippen molar-refractivity contribution in [3.8, 4) is 5.69 Å². The molecule has 0 saturated carbocycles. The number of pyridine rings is 1. The third-order valence-corrected chi connectivity index (χ3v) is 3.87. The summed E-state index contributed by atoms with van der Waals surface area (Å²) < 4.78 is 46.1. The van der Waals surface area contributed by atoms with Crippen molar-refractivity contribution in [2.45, 2.75) is 32.5 Å². The molecule has 0 bridgehead atoms. The maximum absolute atomic E-state index is 13.1. The summed E-state index contributed by atoms with van der Waals surface area (Å²) >= 11 is 5.96. The van der Waals surface area contributed by atoms with Gasteiger partial charge in [0.05, 0.1) is 5.56 Å². The normalized spacial score (nSPS) is 12.4. The number of nitrogens with zero attached hydrogens (tertiary/aromatic N) is 2. The van der Waals surface area contributed by atoms with Crippen molar-refractivity contribution >= 4 is 28.6 Å². The number of aromatic nitrogens is 2. The van der Waals surface area contributed by atoms with Gasteiger partial charge in [0.2, 0.25) is 0 Å². The van der Waals surface area contributed by atoms with E-state index in [1.54, 1.807) is 32.9 Å². The highest BCUT2D eigenvalue weighted by Gasteiger charge is 2.31. The van der Waals surface area contributed by atoms with E-state index in [0.717, 1.165) is 12.1 Å². The van der Waals surface area contributed by atoms with E-state index in [1.165, 1.54) is 22.8 Å². The number of halogens is 4. The van der Waals surface area contributed by atoms with Crippen molar-refractivity contribution in [2.75, 3.05) is 0 Å². The van der Waals surface area contributed by atoms with Crippen molar-refractivity contribution in [1.29, 1.82) is 0 Å². The Morgan fingerprint density at radius 3 is 2.44 bits per heavy atom. The van der Waals surface area contributed by atoms with Crippen LogP contribution in [0.1, 0.15) is 36.8 Å². The van der Waals surface area contributed by atoms with E-state index in [2.05, 4.69) is 4.98 Å². The summed E-state index contributed by atoms with van der Waals surface area (Å²) in [7, 11) is 0. The Kier molecular flexibility index (Phi) is 4.67. The van der Waals surface area contributed by atoms with Gasteiger partial charge >= 0.3 is 12.1 Å². The van der Waals surface area contributed by atoms with Crippen LogP contribution in [-0.4, -0.2) is 21.1 Å². The molecule has 0 radical (unpaired) electrons. The second kappa shape index (κ2) is 6.56. The molecule has 2 heterocycles. The average molecular weight is 397 g/mol. The monoisotopic (exact) mass is 396 g/mol. The molecule has 2 aromatic heterocycles. The fourth-order valence-corrected chi connectivity index (χ4v) is 2.76. The average Bonchev–Trinajstić information content (AvgIpc) is 2.91. The molecule has 0 spiro atoms. The smallest absolute Gasteiger partial charge is 0.416 e. The lowest BCUT2D eigenvalue weighted by Crippen LogP contribution is -2.25. The molecule has 0 N–H and O–H groups in total. The van der Waals surface area contributed by atoms with Crippen LogP contribution in [0.2, 0.25) is 5.15 Å². The van der Waals surface area contributed by atoms with Gasteiger partial charge in [0.15, 0.2) is 0 Å². The van der Waals surface area contributed by atoms with Crippen LogP contribution in [0.5, 0.6) is 0 Å². The summed E-state index contributed by atoms with van der Waals surface area (Å²) in [5, 5.41) is 0.710. The highest BCUT2D eigenvalue weighted by Crippen LogP contribution is 2.32. The molecule has 0 atom stereocenters. The minimum absolute atomic E-state index is 0.0639. The third-order valence-electron chi connectivity index (χ3n) is 3.66. The zero-order valence-electron chi connectivity index (χ0n) is 14.8. The minimum Gasteiger partial charge on any atom is -0.455 e. The van der Waals surface area contributed by atoms with Gasteiger partial charge in [-0.1, -0.05) is 17.7 Å². The molecule has 0 saturated heterocycles. The molecule has 0 fully saturated rings. The van der Waals surface area contributed by atoms with Crippen LogP contribution >= 0.6 is 11.6 Å². The first kappa shape index (κ1) is 19.2. The molecule has 0 unspecified atom stereocenters. The van der Waals surface area contributed by atoms with E-state index < -0.39 is 23.3 Å². The Morgan fingerprint density at radius 1 is 1.11 bits per heavy atom. The Hall–Kier alpha value is -2.54. The van der Waals surface area contributed by atoms with Crippen molar-refractivity contribution in [2.24, 2.45) is 0 Å². The van der Waals surface area contributed by atoms with Crippen molar-refractivity contribution in [3.63, 3.8) is 0 Å². The highest BCUT2D eigenvalue weighted by molar-refractivity contribution is 6.29. The fourth-order valence-electron chi connectivity index (χ4n) is 2.62. The molecule has 3 aromatic rings. The summed E-state index contributed by atoms with van der Waals surface area (Å²) in [5.74, 6) is -0.672. The molecule has 0 aliphatic rings. The second-order valence-electron chi connectivity index (χ2n) is 6.96. The Morgan fingerprint density at radius 2 is 1.81 bits per heavy atom. The zero-order valence-corrected chi connectivity index (χ0v) is 15.5. The predicted molar refractivity (Wildman–Crippen MR) is 96.3 cm³/mol. The van der Waals surface area contributed by atoms with Crippen LogP contribution in [0, 0.1) is 0 Å². The summed E-state index contributed by atoms with van der Waals surface area (Å²) in [5.41, 5.74) is -1.14. The number of carbonyl (C=O) groups excluding carboxylic acids is 1. The Bertz CT molecular complexity index is 1020. The van der Waals surface area contributed by atoms with E-state index >= 15 is 0 Å². The number of hydrogen-bond acceptors (Lipinski definition) is 3. The topological polar surface area (TPSA) is 44.1 Å². The number of hydrogen-bond donors (Lipinski definition) is 0. The first-order valence-electron chi connectivity index (χ1n) is 8.05. The summed E-state index contributed by atoms with van der Waals surface area (Å²) in [6.07, 6.45) is -4.52. The first-order chi connectivity index (χ1) is 12.5. The predicted octanol–water partition coefficient (Wildman–Crippen LogP) is 5.65. The lowest BCUT2D eigenvalue weighted by molar-refractivity contribution is -0.137. The van der Waals surface area contributed by atoms with Gasteiger partial charge in [-0.25, -0.2) is 9.78 Å². The number of ether oxygens (including phenoxy) is 1. The number of alkyl halides is 3. The molecule has 3 rings (SSSR count). The lowest BCUT2D eigenvalue weighted by Gasteiger charge is -2.20. The standard InChI is InChI=1S/C19H16ClF3N2O2/c1-18(2,3)27-17(26)14-9-11-7-8-15(20)24-16(11)25(14)13-6-4-5-12(10-13)19(21,22)23/h4-10H,1-3H3. The maximum Gasteiger partial charge on any atom is 0.416 e. The van der Waals surface area contributed by atoms with Crippen LogP contribution in [0.15, 0.2) is 42.5 Å². The summed E-state index contributed by atoms with van der Waals surface area (Å²) in [4.78, 5) is 16.8. The molecule has 0 amide bonds. The Balaban J connectivity index is 2.25. The van der Waals surface area contributed by atoms with Crippen LogP contribution in [0.3, 0.4) is 0 Å². The van der Waals surface area contributed by atoms with Crippen LogP contribution < -0.4 is 0 Å². The van der Waals surface area contributed by atoms with Crippen LogP contribution in [-0.2, 0) is 10.9 Å². The van der Waals surface area contributed by atoms with E-state index in [1.807, 2.05) is 0 Å². The Labute approximate surface area is 158 Å². The molecule has 142 valence electrons. The van der Waals surface area contributed by atoms with Gasteiger partial charge in [-0.15, -0.1) is 0 Å². The van der Waals surface area contributed by atoms with Crippen molar-refractivity contribution < 1.29 is 22.7 Å². The van der Waals surface area contributed by atoms with E-state index in [0.29, 0.717) is 5.39 Å². The zero-order chi connectivity index (χ0) is 20.0. The molecule has 27 heavy (non-hydrogen) atoms. The van der Waals surface area contributed by atoms with Gasteiger partial charge < -0.3 is 4.74 Å². The fraction of sp³-hybridized carbons (Fsp3) is 0.263. The molecule has 8 heteroatoms. The molecule has 4 nitrogen and oxygen atoms in total. The second-order valence-corrected chi connectivity index (χ2v) is 7.35. The molecule has 1 aromatic carbocycles. The van der Waals surface area contributed by atoms with Gasteiger partial charge in [0.1, 0.15) is 22.1 Å². The van der Waals surface area contributed by atoms with Crippen molar-refractivity contribution in [1.82, 2.24) is 9.55 Å². The van der Waals surface area contributed by atoms with Gasteiger partial charge in [-0.05, 0) is 57.2 Å². The minimum atomic E-state index is -4.52. The molecule has 0 aliphatic heterocycles. The first-order valence-corrected chi connectivity index (χ1v) is 8.42. The van der Waals surface area contributed by atoms with Gasteiger partial charge in [-0.2, -0.15) is 13.2 Å². The molecular formula is C19H16ClF3N2O2. The number of benzene rings is 1. The summed E-state index contributed by atoms with van der Waals surface area (Å²) in [6.45, 7) is 5.12. The van der Waals surface area contributed by atoms with Gasteiger partial charge in [-0.3, -0.25) is 4.57 Å². The maximum atomic E-state index is 13.1. The SMILES string of the molecule is CC(C)(C)OC(=O)c1cc2ccc(Cl)nc2n1-c1cccc(C(F)(F)F)c1. The number of esters is 1. The molecule has 0 aliphatic carbocycles. The quantitative estimate of drug-likeness (QED) is 0.415.